The Bertz CT molecular complexity index is 1090. The maximum Gasteiger partial charge on any atom is 0.530 e. The van der Waals surface area contributed by atoms with Crippen molar-refractivity contribution < 1.29 is 36.3 Å². The molecule has 0 amide bonds. The average molecular weight is 565 g/mol. The largest absolute Gasteiger partial charge is 0.530 e. The van der Waals surface area contributed by atoms with Crippen LogP contribution < -0.4 is 9.05 Å². The Kier molecular flexibility index (Phi) is 12.6. The minimum atomic E-state index is -3.85. The highest BCUT2D eigenvalue weighted by molar-refractivity contribution is 7.49. The molecule has 12 heteroatoms. The summed E-state index contributed by atoms with van der Waals surface area (Å²) >= 11 is 12.2. The lowest BCUT2D eigenvalue weighted by molar-refractivity contribution is 0.163. The maximum atomic E-state index is 12.8. The van der Waals surface area contributed by atoms with Gasteiger partial charge in [-0.05, 0) is 49.6 Å². The lowest BCUT2D eigenvalue weighted by atomic mass is 10.2. The number of phosphoric acid groups is 2. The van der Waals surface area contributed by atoms with Crippen LogP contribution in [0.5, 0.6) is 11.5 Å². The number of hydrogen-bond acceptors (Lipinski definition) is 8. The summed E-state index contributed by atoms with van der Waals surface area (Å²) in [7, 11) is -6.47. The van der Waals surface area contributed by atoms with E-state index in [1.54, 1.807) is 67.6 Å². The minimum Gasteiger partial charge on any atom is -0.402 e. The molecule has 0 saturated heterocycles. The van der Waals surface area contributed by atoms with Crippen LogP contribution in [0.1, 0.15) is 25.3 Å². The van der Waals surface area contributed by atoms with E-state index in [4.69, 9.17) is 50.3 Å². The predicted octanol–water partition coefficient (Wildman–Crippen LogP) is 8.36. The van der Waals surface area contributed by atoms with Gasteiger partial charge in [-0.15, -0.1) is 6.58 Å². The first kappa shape index (κ1) is 29.6. The van der Waals surface area contributed by atoms with E-state index in [1.807, 2.05) is 0 Å². The highest BCUT2D eigenvalue weighted by Crippen LogP contribution is 2.51. The number of hydrogen-bond donors (Lipinski definition) is 0. The summed E-state index contributed by atoms with van der Waals surface area (Å²) in [4.78, 5) is 0. The van der Waals surface area contributed by atoms with E-state index in [1.165, 1.54) is 7.11 Å². The van der Waals surface area contributed by atoms with Crippen LogP contribution in [0.15, 0.2) is 61.2 Å². The molecule has 2 unspecified atom stereocenters. The lowest BCUT2D eigenvalue weighted by Gasteiger charge is -2.18. The Hall–Kier alpha value is -1.60. The quantitative estimate of drug-likeness (QED) is 0.114. The fraction of sp³-hybridized carbons (Fsp3) is 0.304. The first-order valence-electron chi connectivity index (χ1n) is 10.6. The molecule has 0 heterocycles. The van der Waals surface area contributed by atoms with Crippen molar-refractivity contribution in [2.45, 2.75) is 19.8 Å². The van der Waals surface area contributed by atoms with Gasteiger partial charge in [0, 0.05) is 7.11 Å². The van der Waals surface area contributed by atoms with E-state index in [9.17, 15) is 9.13 Å². The lowest BCUT2D eigenvalue weighted by Crippen LogP contribution is -2.04. The molecule has 0 bridgehead atoms. The smallest absolute Gasteiger partial charge is 0.402 e. The Labute approximate surface area is 216 Å². The van der Waals surface area contributed by atoms with Crippen molar-refractivity contribution in [3.63, 3.8) is 0 Å². The van der Waals surface area contributed by atoms with Gasteiger partial charge in [0.05, 0.1) is 29.9 Å². The summed E-state index contributed by atoms with van der Waals surface area (Å²) in [5, 5.41) is 0.532. The van der Waals surface area contributed by atoms with Crippen molar-refractivity contribution >= 4 is 44.9 Å². The first-order valence-corrected chi connectivity index (χ1v) is 14.3. The molecule has 0 aliphatic carbocycles. The summed E-state index contributed by atoms with van der Waals surface area (Å²) < 4.78 is 57.1. The highest BCUT2D eigenvalue weighted by Gasteiger charge is 2.29. The third kappa shape index (κ3) is 10.1. The summed E-state index contributed by atoms with van der Waals surface area (Å²) in [5.41, 5.74) is 0.709. The Morgan fingerprint density at radius 3 is 2.23 bits per heavy atom. The highest BCUT2D eigenvalue weighted by atomic mass is 35.5. The molecule has 8 nitrogen and oxygen atoms in total. The van der Waals surface area contributed by atoms with Crippen LogP contribution in [-0.2, 0) is 27.2 Å². The van der Waals surface area contributed by atoms with Crippen molar-refractivity contribution in [2.75, 3.05) is 26.9 Å². The van der Waals surface area contributed by atoms with Gasteiger partial charge in [0.25, 0.3) is 0 Å². The molecule has 0 aliphatic heterocycles. The van der Waals surface area contributed by atoms with Gasteiger partial charge in [-0.3, -0.25) is 18.1 Å². The molecule has 0 aliphatic rings. The molecule has 2 rings (SSSR count). The van der Waals surface area contributed by atoms with Crippen molar-refractivity contribution in [3.05, 3.63) is 76.8 Å². The Morgan fingerprint density at radius 2 is 1.54 bits per heavy atom. The van der Waals surface area contributed by atoms with E-state index in [0.717, 1.165) is 0 Å². The molecule has 2 aromatic carbocycles. The minimum absolute atomic E-state index is 0.0553. The van der Waals surface area contributed by atoms with Gasteiger partial charge in [0.2, 0.25) is 0 Å². The maximum absolute atomic E-state index is 12.8. The monoisotopic (exact) mass is 564 g/mol. The van der Waals surface area contributed by atoms with Crippen LogP contribution in [0.4, 0.5) is 0 Å². The SMILES string of the molecule is C=CCCOP(=O)(OCC)Oc1cc(/C=C/CCOP(=O)(OC)Oc2ccccc2Cl)ccc1Cl. The topological polar surface area (TPSA) is 89.5 Å². The zero-order chi connectivity index (χ0) is 25.7. The number of para-hydroxylation sites is 1. The molecule has 0 aromatic heterocycles. The predicted molar refractivity (Wildman–Crippen MR) is 138 cm³/mol. The molecule has 2 aromatic rings. The standard InChI is InChI=1S/C23H28Cl2O8P2/c1-4-6-16-31-35(27,29-5-2)33-23-18-19(14-15-21(23)25)11-9-10-17-30-34(26,28-3)32-22-13-8-7-12-20(22)24/h4,7-9,11-15,18H,1,5-6,10,16-17H2,2-3H3/b11-9+. The van der Waals surface area contributed by atoms with Crippen LogP contribution in [0, 0.1) is 0 Å². The van der Waals surface area contributed by atoms with Crippen molar-refractivity contribution in [2.24, 2.45) is 0 Å². The summed E-state index contributed by atoms with van der Waals surface area (Å²) in [6, 6.07) is 11.5. The van der Waals surface area contributed by atoms with E-state index >= 15 is 0 Å². The van der Waals surface area contributed by atoms with Gasteiger partial charge in [0.15, 0.2) is 5.75 Å². The molecule has 2 atom stereocenters. The molecule has 0 saturated carbocycles. The van der Waals surface area contributed by atoms with Crippen LogP contribution in [-0.4, -0.2) is 26.9 Å². The Balaban J connectivity index is 1.97. The third-order valence-electron chi connectivity index (χ3n) is 4.14. The molecule has 192 valence electrons. The molecule has 0 spiro atoms. The molecular weight excluding hydrogens is 537 g/mol. The van der Waals surface area contributed by atoms with Crippen molar-refractivity contribution in [3.8, 4) is 11.5 Å². The zero-order valence-electron chi connectivity index (χ0n) is 19.4. The fourth-order valence-corrected chi connectivity index (χ4v) is 5.13. The second-order valence-corrected chi connectivity index (χ2v) is 10.8. The molecule has 35 heavy (non-hydrogen) atoms. The van der Waals surface area contributed by atoms with Gasteiger partial charge in [-0.2, -0.15) is 0 Å². The van der Waals surface area contributed by atoms with Gasteiger partial charge in [-0.25, -0.2) is 9.13 Å². The third-order valence-corrected chi connectivity index (χ3v) is 7.62. The first-order chi connectivity index (χ1) is 16.7. The summed E-state index contributed by atoms with van der Waals surface area (Å²) in [6.45, 7) is 5.59. The van der Waals surface area contributed by atoms with Crippen LogP contribution in [0.3, 0.4) is 0 Å². The molecule has 0 fully saturated rings. The van der Waals surface area contributed by atoms with E-state index in [0.29, 0.717) is 18.4 Å². The van der Waals surface area contributed by atoms with Gasteiger partial charge in [-0.1, -0.05) is 59.6 Å². The van der Waals surface area contributed by atoms with Crippen LogP contribution >= 0.6 is 38.8 Å². The fourth-order valence-electron chi connectivity index (χ4n) is 2.52. The molecular formula is C23H28Cl2O8P2. The van der Waals surface area contributed by atoms with Gasteiger partial charge < -0.3 is 9.05 Å². The number of benzene rings is 2. The number of phosphoric ester groups is 2. The number of halogens is 2. The molecule has 0 N–H and O–H groups in total. The van der Waals surface area contributed by atoms with Crippen LogP contribution in [0.2, 0.25) is 10.0 Å². The van der Waals surface area contributed by atoms with E-state index in [2.05, 4.69) is 6.58 Å². The van der Waals surface area contributed by atoms with Crippen molar-refractivity contribution in [1.29, 1.82) is 0 Å². The zero-order valence-corrected chi connectivity index (χ0v) is 22.7. The van der Waals surface area contributed by atoms with Crippen molar-refractivity contribution in [1.82, 2.24) is 0 Å². The van der Waals surface area contributed by atoms with Gasteiger partial charge in [0.1, 0.15) is 5.75 Å². The average Bonchev–Trinajstić information content (AvgIpc) is 2.83. The van der Waals surface area contributed by atoms with Crippen LogP contribution in [0.25, 0.3) is 6.08 Å². The molecule has 0 radical (unpaired) electrons. The van der Waals surface area contributed by atoms with E-state index in [-0.39, 0.29) is 41.4 Å². The second kappa shape index (κ2) is 14.8. The number of rotatable bonds is 16. The van der Waals surface area contributed by atoms with Gasteiger partial charge >= 0.3 is 15.6 Å². The van der Waals surface area contributed by atoms with E-state index < -0.39 is 15.6 Å². The summed E-state index contributed by atoms with van der Waals surface area (Å²) in [6.07, 6.45) is 6.06. The summed E-state index contributed by atoms with van der Waals surface area (Å²) in [5.74, 6) is 0.346. The normalized spacial score (nSPS) is 14.9. The second-order valence-electron chi connectivity index (χ2n) is 6.73. The Morgan fingerprint density at radius 1 is 0.886 bits per heavy atom.